The van der Waals surface area contributed by atoms with Crippen LogP contribution in [0, 0.1) is 5.82 Å². The van der Waals surface area contributed by atoms with E-state index in [-0.39, 0.29) is 31.7 Å². The zero-order valence-electron chi connectivity index (χ0n) is 17.8. The molecule has 1 atom stereocenters. The largest absolute Gasteiger partial charge is 0.573 e. The van der Waals surface area contributed by atoms with Gasteiger partial charge in [-0.3, -0.25) is 25.0 Å². The number of ether oxygens (including phenoxy) is 2. The number of nitrogens with zero attached hydrogens (tertiary/aromatic N) is 1. The summed E-state index contributed by atoms with van der Waals surface area (Å²) in [7, 11) is 0. The third-order valence-corrected chi connectivity index (χ3v) is 5.31. The molecule has 2 N–H and O–H groups in total. The molecule has 13 heteroatoms. The van der Waals surface area contributed by atoms with E-state index in [0.717, 1.165) is 12.1 Å². The number of amides is 4. The third-order valence-electron chi connectivity index (χ3n) is 5.31. The van der Waals surface area contributed by atoms with Crippen LogP contribution in [0.5, 0.6) is 5.75 Å². The quantitative estimate of drug-likeness (QED) is 0.487. The molecule has 0 radical (unpaired) electrons. The van der Waals surface area contributed by atoms with Crippen LogP contribution in [0.25, 0.3) is 0 Å². The molecule has 1 saturated heterocycles. The lowest BCUT2D eigenvalue weighted by Crippen LogP contribution is -2.52. The van der Waals surface area contributed by atoms with Crippen molar-refractivity contribution in [2.45, 2.75) is 38.4 Å². The molecule has 9 nitrogen and oxygen atoms in total. The van der Waals surface area contributed by atoms with E-state index in [2.05, 4.69) is 15.4 Å². The van der Waals surface area contributed by atoms with E-state index in [4.69, 9.17) is 4.74 Å². The van der Waals surface area contributed by atoms with Crippen LogP contribution in [0.15, 0.2) is 36.4 Å². The highest BCUT2D eigenvalue weighted by atomic mass is 19.4. The number of carbonyl (C=O) groups excluding carboxylic acids is 4. The predicted molar refractivity (Wildman–Crippen MR) is 109 cm³/mol. The molecule has 1 unspecified atom stereocenters. The molecule has 1 fully saturated rings. The van der Waals surface area contributed by atoms with E-state index in [9.17, 15) is 36.7 Å². The van der Waals surface area contributed by atoms with Crippen LogP contribution in [0.4, 0.5) is 28.0 Å². The second kappa shape index (κ2) is 9.24. The summed E-state index contributed by atoms with van der Waals surface area (Å²) in [5.41, 5.74) is 1.08. The minimum atomic E-state index is -5.04. The van der Waals surface area contributed by atoms with Gasteiger partial charge in [-0.1, -0.05) is 12.1 Å². The minimum Gasteiger partial charge on any atom is -0.444 e. The maximum Gasteiger partial charge on any atom is 0.573 e. The molecule has 0 bridgehead atoms. The van der Waals surface area contributed by atoms with Crippen LogP contribution < -0.4 is 15.4 Å². The van der Waals surface area contributed by atoms with Crippen molar-refractivity contribution in [3.8, 4) is 5.75 Å². The molecule has 35 heavy (non-hydrogen) atoms. The number of hydrogen-bond acceptors (Lipinski definition) is 6. The van der Waals surface area contributed by atoms with E-state index in [0.29, 0.717) is 22.8 Å². The lowest BCUT2D eigenvalue weighted by Gasteiger charge is -2.29. The monoisotopic (exact) mass is 495 g/mol. The molecule has 2 heterocycles. The lowest BCUT2D eigenvalue weighted by molar-refractivity contribution is -0.274. The van der Waals surface area contributed by atoms with Crippen molar-refractivity contribution in [1.82, 2.24) is 10.2 Å². The van der Waals surface area contributed by atoms with Crippen LogP contribution in [-0.2, 0) is 27.5 Å². The number of carbonyl (C=O) groups is 4. The fraction of sp³-hybridized carbons (Fsp3) is 0.273. The molecule has 2 aromatic carbocycles. The number of benzene rings is 2. The summed E-state index contributed by atoms with van der Waals surface area (Å²) in [6.07, 6.45) is -5.77. The highest BCUT2D eigenvalue weighted by Gasteiger charge is 2.39. The van der Waals surface area contributed by atoms with Gasteiger partial charge in [0, 0.05) is 30.7 Å². The third kappa shape index (κ3) is 5.67. The summed E-state index contributed by atoms with van der Waals surface area (Å²) in [5, 5.41) is 4.32. The number of nitrogens with one attached hydrogen (secondary N) is 2. The van der Waals surface area contributed by atoms with E-state index in [1.165, 1.54) is 11.0 Å². The molecule has 0 spiro atoms. The van der Waals surface area contributed by atoms with Crippen molar-refractivity contribution in [3.05, 3.63) is 58.9 Å². The number of rotatable bonds is 5. The minimum absolute atomic E-state index is 0.125. The Labute approximate surface area is 195 Å². The number of hydrogen-bond donors (Lipinski definition) is 2. The molecule has 0 saturated carbocycles. The summed E-state index contributed by atoms with van der Waals surface area (Å²) >= 11 is 0. The van der Waals surface area contributed by atoms with Gasteiger partial charge in [-0.25, -0.2) is 9.18 Å². The summed E-state index contributed by atoms with van der Waals surface area (Å²) in [5.74, 6) is -3.26. The molecule has 0 aromatic heterocycles. The summed E-state index contributed by atoms with van der Waals surface area (Å²) < 4.78 is 59.3. The first-order chi connectivity index (χ1) is 16.5. The Morgan fingerprint density at radius 2 is 1.91 bits per heavy atom. The Morgan fingerprint density at radius 3 is 2.63 bits per heavy atom. The first-order valence-electron chi connectivity index (χ1n) is 10.2. The zero-order valence-corrected chi connectivity index (χ0v) is 17.8. The molecule has 4 rings (SSSR count). The highest BCUT2D eigenvalue weighted by molar-refractivity contribution is 6.05. The van der Waals surface area contributed by atoms with Crippen LogP contribution in [0.3, 0.4) is 0 Å². The first-order valence-corrected chi connectivity index (χ1v) is 10.2. The van der Waals surface area contributed by atoms with Gasteiger partial charge in [0.25, 0.3) is 5.91 Å². The van der Waals surface area contributed by atoms with Crippen LogP contribution >= 0.6 is 0 Å². The Kier molecular flexibility index (Phi) is 6.33. The van der Waals surface area contributed by atoms with E-state index in [1.807, 2.05) is 0 Å². The van der Waals surface area contributed by atoms with Crippen LogP contribution in [0.2, 0.25) is 0 Å². The van der Waals surface area contributed by atoms with Crippen molar-refractivity contribution < 1.29 is 46.2 Å². The molecule has 2 aliphatic heterocycles. The molecule has 0 aliphatic carbocycles. The summed E-state index contributed by atoms with van der Waals surface area (Å²) in [6, 6.07) is 6.03. The number of fused-ring (bicyclic) bond motifs is 1. The van der Waals surface area contributed by atoms with Gasteiger partial charge in [-0.15, -0.1) is 13.2 Å². The molecule has 184 valence electrons. The van der Waals surface area contributed by atoms with Gasteiger partial charge in [-0.05, 0) is 29.7 Å². The summed E-state index contributed by atoms with van der Waals surface area (Å²) in [4.78, 5) is 49.7. The normalized spacial score (nSPS) is 17.7. The van der Waals surface area contributed by atoms with Gasteiger partial charge in [0.2, 0.25) is 11.8 Å². The predicted octanol–water partition coefficient (Wildman–Crippen LogP) is 3.23. The Balaban J connectivity index is 1.37. The lowest BCUT2D eigenvalue weighted by atomic mass is 10.0. The Bertz CT molecular complexity index is 1220. The van der Waals surface area contributed by atoms with Crippen molar-refractivity contribution in [2.75, 3.05) is 5.32 Å². The van der Waals surface area contributed by atoms with Gasteiger partial charge < -0.3 is 14.4 Å². The molecule has 4 amide bonds. The first kappa shape index (κ1) is 24.0. The Morgan fingerprint density at radius 1 is 1.14 bits per heavy atom. The molecular formula is C22H17F4N3O6. The second-order valence-electron chi connectivity index (χ2n) is 7.82. The number of piperidine rings is 1. The van der Waals surface area contributed by atoms with Crippen molar-refractivity contribution in [1.29, 1.82) is 0 Å². The molecule has 2 aromatic rings. The second-order valence-corrected chi connectivity index (χ2v) is 7.82. The van der Waals surface area contributed by atoms with Crippen LogP contribution in [0.1, 0.15) is 34.3 Å². The maximum absolute atomic E-state index is 13.6. The van der Waals surface area contributed by atoms with Crippen LogP contribution in [-0.4, -0.2) is 41.1 Å². The average Bonchev–Trinajstić information content (AvgIpc) is 3.06. The zero-order chi connectivity index (χ0) is 25.3. The van der Waals surface area contributed by atoms with E-state index < -0.39 is 47.8 Å². The number of alkyl halides is 3. The number of halogens is 4. The van der Waals surface area contributed by atoms with Gasteiger partial charge in [-0.2, -0.15) is 0 Å². The smallest absolute Gasteiger partial charge is 0.444 e. The van der Waals surface area contributed by atoms with Crippen molar-refractivity contribution >= 4 is 29.5 Å². The van der Waals surface area contributed by atoms with Gasteiger partial charge in [0.15, 0.2) is 0 Å². The van der Waals surface area contributed by atoms with Crippen molar-refractivity contribution in [2.24, 2.45) is 0 Å². The maximum atomic E-state index is 13.6. The SMILES string of the molecule is O=C1CCC(N2Cc3ccc(COC(=O)Nc4cc(F)cc(OC(F)(F)F)c4)cc3C2=O)C(=O)N1. The Hall–Kier alpha value is -4.16. The molecule has 2 aliphatic rings. The van der Waals surface area contributed by atoms with E-state index >= 15 is 0 Å². The van der Waals surface area contributed by atoms with Gasteiger partial charge in [0.1, 0.15) is 24.2 Å². The van der Waals surface area contributed by atoms with Gasteiger partial charge >= 0.3 is 12.5 Å². The topological polar surface area (TPSA) is 114 Å². The fourth-order valence-electron chi connectivity index (χ4n) is 3.82. The molecular weight excluding hydrogens is 478 g/mol. The van der Waals surface area contributed by atoms with Crippen molar-refractivity contribution in [3.63, 3.8) is 0 Å². The standard InChI is InChI=1S/C22H17F4N3O6/c23-13-6-14(8-15(7-13)35-22(24,25)26)27-21(33)34-10-11-1-2-12-9-29(20(32)16(12)5-11)17-3-4-18(30)28-19(17)31/h1-2,5-8,17H,3-4,9-10H2,(H,27,33)(H,28,30,31). The van der Waals surface area contributed by atoms with Gasteiger partial charge in [0.05, 0.1) is 5.69 Å². The fourth-order valence-corrected chi connectivity index (χ4v) is 3.82. The van der Waals surface area contributed by atoms with E-state index in [1.54, 1.807) is 12.1 Å². The number of imide groups is 1. The number of anilines is 1. The highest BCUT2D eigenvalue weighted by Crippen LogP contribution is 2.29. The summed E-state index contributed by atoms with van der Waals surface area (Å²) in [6.45, 7) is -0.115. The average molecular weight is 495 g/mol.